The average Bonchev–Trinajstić information content (AvgIpc) is 1.91. The molecule has 3 heteroatoms. The summed E-state index contributed by atoms with van der Waals surface area (Å²) in [7, 11) is 0. The fraction of sp³-hybridized carbons (Fsp3) is 0.400. The molecule has 0 amide bonds. The zero-order valence-electron chi connectivity index (χ0n) is 4.73. The number of aryl methyl sites for hydroxylation is 2. The summed E-state index contributed by atoms with van der Waals surface area (Å²) >= 11 is 0. The van der Waals surface area contributed by atoms with Crippen LogP contribution in [-0.4, -0.2) is 5.16 Å². The number of rotatable bonds is 0. The van der Waals surface area contributed by atoms with Gasteiger partial charge in [-0.3, -0.25) is 0 Å². The fourth-order valence-corrected chi connectivity index (χ4v) is 0.302. The van der Waals surface area contributed by atoms with Gasteiger partial charge >= 0.3 is 0 Å². The van der Waals surface area contributed by atoms with E-state index in [0.29, 0.717) is 0 Å². The number of hydrogen-bond acceptors (Lipinski definition) is 2. The zero-order valence-corrected chi connectivity index (χ0v) is 7.45. The van der Waals surface area contributed by atoms with Gasteiger partial charge in [0.25, 0.3) is 0 Å². The molecule has 0 spiro atoms. The summed E-state index contributed by atoms with van der Waals surface area (Å²) in [6, 6.07) is 0. The summed E-state index contributed by atoms with van der Waals surface area (Å²) in [6.07, 6.45) is 2.58. The Morgan fingerprint density at radius 3 is 2.25 bits per heavy atom. The van der Waals surface area contributed by atoms with Gasteiger partial charge in [0, 0.05) is 20.4 Å². The second kappa shape index (κ2) is 3.01. The van der Waals surface area contributed by atoms with Crippen molar-refractivity contribution in [2.75, 3.05) is 0 Å². The molecule has 0 aliphatic rings. The first-order valence-electron chi connectivity index (χ1n) is 2.11. The number of aromatic nitrogens is 1. The Kier molecular flexibility index (Phi) is 2.96. The van der Waals surface area contributed by atoms with Crippen molar-refractivity contribution in [3.05, 3.63) is 17.5 Å². The first-order chi connectivity index (χ1) is 3.30. The average molecular weight is 282 g/mol. The van der Waals surface area contributed by atoms with Crippen LogP contribution in [0.15, 0.2) is 4.52 Å². The van der Waals surface area contributed by atoms with E-state index in [1.165, 1.54) is 0 Å². The minimum absolute atomic E-state index is 0. The van der Waals surface area contributed by atoms with Crippen LogP contribution >= 0.6 is 0 Å². The maximum atomic E-state index is 4.47. The second-order valence-electron chi connectivity index (χ2n) is 1.50. The van der Waals surface area contributed by atoms with Crippen LogP contribution in [0, 0.1) is 20.1 Å². The summed E-state index contributed by atoms with van der Waals surface area (Å²) in [5.41, 5.74) is 1.90. The van der Waals surface area contributed by atoms with Gasteiger partial charge in [0.1, 0.15) is 0 Å². The largest absolute Gasteiger partial charge is 0.480 e. The summed E-state index contributed by atoms with van der Waals surface area (Å²) in [5.74, 6) is 0. The molecule has 1 heterocycles. The molecule has 0 aromatic carbocycles. The van der Waals surface area contributed by atoms with Crippen molar-refractivity contribution in [1.29, 1.82) is 0 Å². The summed E-state index contributed by atoms with van der Waals surface area (Å²) in [6.45, 7) is 3.79. The van der Waals surface area contributed by atoms with Gasteiger partial charge in [-0.05, 0) is 6.26 Å². The molecule has 1 aromatic heterocycles. The molecule has 0 aliphatic heterocycles. The van der Waals surface area contributed by atoms with Gasteiger partial charge in [0.15, 0.2) is 0 Å². The third-order valence-corrected chi connectivity index (χ3v) is 0.924. The molecular weight excluding hydrogens is 276 g/mol. The van der Waals surface area contributed by atoms with Crippen molar-refractivity contribution < 1.29 is 24.9 Å². The monoisotopic (exact) mass is 283 g/mol. The summed E-state index contributed by atoms with van der Waals surface area (Å²) in [4.78, 5) is 0. The van der Waals surface area contributed by atoms with Crippen LogP contribution in [-0.2, 0) is 20.4 Å². The van der Waals surface area contributed by atoms with E-state index in [4.69, 9.17) is 0 Å². The van der Waals surface area contributed by atoms with Crippen molar-refractivity contribution >= 4 is 0 Å². The van der Waals surface area contributed by atoms with Crippen molar-refractivity contribution in [2.24, 2.45) is 0 Å². The van der Waals surface area contributed by atoms with Crippen LogP contribution in [0.1, 0.15) is 11.3 Å². The van der Waals surface area contributed by atoms with Gasteiger partial charge in [-0.1, -0.05) is 19.5 Å². The third-order valence-electron chi connectivity index (χ3n) is 0.924. The molecule has 2 nitrogen and oxygen atoms in total. The Labute approximate surface area is 61.9 Å². The van der Waals surface area contributed by atoms with E-state index >= 15 is 0 Å². The fourth-order valence-electron chi connectivity index (χ4n) is 0.302. The Balaban J connectivity index is 0.000000490. The molecule has 0 atom stereocenters. The molecule has 45 valence electrons. The second-order valence-corrected chi connectivity index (χ2v) is 1.50. The summed E-state index contributed by atoms with van der Waals surface area (Å²) in [5, 5.41) is 3.59. The van der Waals surface area contributed by atoms with Crippen LogP contribution in [0.5, 0.6) is 0 Å². The number of hydrogen-bond donors (Lipinski definition) is 0. The van der Waals surface area contributed by atoms with Gasteiger partial charge < -0.3 is 4.52 Å². The maximum Gasteiger partial charge on any atom is 0 e. The van der Waals surface area contributed by atoms with E-state index in [-0.39, 0.29) is 20.4 Å². The molecule has 0 fully saturated rings. The molecule has 1 rings (SSSR count). The van der Waals surface area contributed by atoms with Crippen LogP contribution in [0.25, 0.3) is 0 Å². The zero-order chi connectivity index (χ0) is 5.28. The van der Waals surface area contributed by atoms with Crippen molar-refractivity contribution in [3.8, 4) is 0 Å². The topological polar surface area (TPSA) is 26.0 Å². The molecule has 1 radical (unpaired) electrons. The smallest absolute Gasteiger partial charge is 0 e. The Morgan fingerprint density at radius 1 is 1.50 bits per heavy atom. The van der Waals surface area contributed by atoms with E-state index in [0.717, 1.165) is 11.3 Å². The maximum absolute atomic E-state index is 4.47. The van der Waals surface area contributed by atoms with Gasteiger partial charge in [-0.25, -0.2) is 5.16 Å². The van der Waals surface area contributed by atoms with Crippen LogP contribution in [0.2, 0.25) is 0 Å². The molecule has 0 bridgehead atoms. The molecular formula is C5H6NORe-. The molecule has 8 heavy (non-hydrogen) atoms. The first kappa shape index (κ1) is 7.87. The Morgan fingerprint density at radius 2 is 2.12 bits per heavy atom. The molecule has 0 aliphatic carbocycles. The van der Waals surface area contributed by atoms with Crippen molar-refractivity contribution in [2.45, 2.75) is 13.8 Å². The van der Waals surface area contributed by atoms with Crippen molar-refractivity contribution in [3.63, 3.8) is 0 Å². The van der Waals surface area contributed by atoms with Gasteiger partial charge in [-0.15, -0.1) is 0 Å². The van der Waals surface area contributed by atoms with Crippen LogP contribution in [0.4, 0.5) is 0 Å². The van der Waals surface area contributed by atoms with Gasteiger partial charge in [0.05, 0.1) is 0 Å². The quantitative estimate of drug-likeness (QED) is 0.666. The molecule has 0 unspecified atom stereocenters. The van der Waals surface area contributed by atoms with E-state index in [1.54, 1.807) is 0 Å². The SMILES string of the molecule is Cc1[c-]onc1C.[Re]. The van der Waals surface area contributed by atoms with Crippen LogP contribution < -0.4 is 0 Å². The Bertz CT molecular complexity index is 145. The molecule has 0 saturated carbocycles. The first-order valence-corrected chi connectivity index (χ1v) is 2.11. The van der Waals surface area contributed by atoms with Gasteiger partial charge in [-0.2, -0.15) is 5.56 Å². The predicted octanol–water partition coefficient (Wildman–Crippen LogP) is 1.09. The number of nitrogens with zero attached hydrogens (tertiary/aromatic N) is 1. The van der Waals surface area contributed by atoms with Gasteiger partial charge in [0.2, 0.25) is 0 Å². The Hall–Kier alpha value is -0.128. The molecule has 0 saturated heterocycles. The molecule has 1 aromatic rings. The minimum atomic E-state index is 0. The normalized spacial score (nSPS) is 8.25. The van der Waals surface area contributed by atoms with E-state index in [1.807, 2.05) is 13.8 Å². The van der Waals surface area contributed by atoms with E-state index in [9.17, 15) is 0 Å². The van der Waals surface area contributed by atoms with Crippen LogP contribution in [0.3, 0.4) is 0 Å². The van der Waals surface area contributed by atoms with E-state index < -0.39 is 0 Å². The molecule has 0 N–H and O–H groups in total. The standard InChI is InChI=1S/C5H6NO.Re/c1-4-3-7-6-5(4)2;/h1-2H3;/q-1;. The summed E-state index contributed by atoms with van der Waals surface area (Å²) < 4.78 is 4.47. The van der Waals surface area contributed by atoms with Crippen molar-refractivity contribution in [1.82, 2.24) is 5.16 Å². The predicted molar refractivity (Wildman–Crippen MR) is 24.8 cm³/mol. The third kappa shape index (κ3) is 1.43. The minimum Gasteiger partial charge on any atom is -0.480 e. The van der Waals surface area contributed by atoms with E-state index in [2.05, 4.69) is 15.9 Å².